The first kappa shape index (κ1) is 9.25. The smallest absolute Gasteiger partial charge is 0.335 e. The second-order valence-electron chi connectivity index (χ2n) is 2.66. The number of aryl methyl sites for hydroxylation is 1. The number of hydrogen-bond donors (Lipinski definition) is 2. The van der Waals surface area contributed by atoms with Crippen LogP contribution in [0.15, 0.2) is 23.3 Å². The van der Waals surface area contributed by atoms with Crippen LogP contribution < -0.4 is 5.84 Å². The van der Waals surface area contributed by atoms with Crippen molar-refractivity contribution >= 4 is 12.2 Å². The fourth-order valence-corrected chi connectivity index (χ4v) is 1.04. The number of carbonyl (C=O) groups is 1. The summed E-state index contributed by atoms with van der Waals surface area (Å²) in [5, 5.41) is 12.1. The lowest BCUT2D eigenvalue weighted by Gasteiger charge is -2.00. The van der Waals surface area contributed by atoms with Crippen molar-refractivity contribution in [3.63, 3.8) is 0 Å². The number of hydrogen-bond acceptors (Lipinski definition) is 3. The summed E-state index contributed by atoms with van der Waals surface area (Å²) in [4.78, 5) is 10.7. The van der Waals surface area contributed by atoms with Crippen LogP contribution in [0.2, 0.25) is 0 Å². The minimum Gasteiger partial charge on any atom is -0.478 e. The molecule has 3 N–H and O–H groups in total. The van der Waals surface area contributed by atoms with Gasteiger partial charge in [0.15, 0.2) is 0 Å². The number of nitrogens with two attached hydrogens (primary N) is 1. The van der Waals surface area contributed by atoms with E-state index in [1.807, 2.05) is 0 Å². The highest BCUT2D eigenvalue weighted by atomic mass is 16.4. The molecule has 13 heavy (non-hydrogen) atoms. The van der Waals surface area contributed by atoms with Gasteiger partial charge in [-0.25, -0.2) is 4.79 Å². The van der Waals surface area contributed by atoms with Crippen molar-refractivity contribution in [1.82, 2.24) is 0 Å². The first-order valence-corrected chi connectivity index (χ1v) is 3.72. The second-order valence-corrected chi connectivity index (χ2v) is 2.66. The van der Waals surface area contributed by atoms with Gasteiger partial charge in [-0.15, -0.1) is 0 Å². The molecule has 0 atom stereocenters. The molecule has 0 saturated heterocycles. The molecule has 0 unspecified atom stereocenters. The van der Waals surface area contributed by atoms with E-state index in [2.05, 4.69) is 5.10 Å². The Hall–Kier alpha value is -1.84. The molecule has 1 rings (SSSR count). The van der Waals surface area contributed by atoms with Gasteiger partial charge in [0.05, 0.1) is 11.8 Å². The Morgan fingerprint density at radius 3 is 2.85 bits per heavy atom. The van der Waals surface area contributed by atoms with Crippen LogP contribution in [0.4, 0.5) is 0 Å². The molecule has 0 fully saturated rings. The van der Waals surface area contributed by atoms with Crippen molar-refractivity contribution in [2.75, 3.05) is 0 Å². The van der Waals surface area contributed by atoms with Crippen molar-refractivity contribution in [3.8, 4) is 0 Å². The van der Waals surface area contributed by atoms with Crippen molar-refractivity contribution in [2.24, 2.45) is 10.9 Å². The quantitative estimate of drug-likeness (QED) is 0.402. The van der Waals surface area contributed by atoms with E-state index in [-0.39, 0.29) is 5.56 Å². The van der Waals surface area contributed by atoms with Crippen LogP contribution in [0.1, 0.15) is 21.5 Å². The molecule has 0 radical (unpaired) electrons. The predicted molar refractivity (Wildman–Crippen MR) is 49.9 cm³/mol. The summed E-state index contributed by atoms with van der Waals surface area (Å²) in [6, 6.07) is 5.02. The molecular weight excluding hydrogens is 168 g/mol. The average Bonchev–Trinajstić information content (AvgIpc) is 2.08. The zero-order valence-electron chi connectivity index (χ0n) is 7.19. The van der Waals surface area contributed by atoms with Crippen molar-refractivity contribution < 1.29 is 9.90 Å². The van der Waals surface area contributed by atoms with E-state index in [0.717, 1.165) is 5.56 Å². The molecule has 0 aliphatic carbocycles. The topological polar surface area (TPSA) is 75.7 Å². The standard InChI is InChI=1S/C9H10N2O2/c1-6-2-3-7(5-11-10)4-8(6)9(12)13/h2-5H,10H2,1H3,(H,12,13). The number of hydrazone groups is 1. The minimum absolute atomic E-state index is 0.275. The largest absolute Gasteiger partial charge is 0.478 e. The van der Waals surface area contributed by atoms with E-state index >= 15 is 0 Å². The Morgan fingerprint density at radius 2 is 2.31 bits per heavy atom. The summed E-state index contributed by atoms with van der Waals surface area (Å²) in [5.41, 5.74) is 1.68. The predicted octanol–water partition coefficient (Wildman–Crippen LogP) is 0.986. The third-order valence-corrected chi connectivity index (χ3v) is 1.72. The molecule has 1 aromatic rings. The van der Waals surface area contributed by atoms with E-state index < -0.39 is 5.97 Å². The average molecular weight is 178 g/mol. The third-order valence-electron chi connectivity index (χ3n) is 1.72. The van der Waals surface area contributed by atoms with Gasteiger partial charge in [-0.3, -0.25) is 0 Å². The number of rotatable bonds is 2. The summed E-state index contributed by atoms with van der Waals surface area (Å²) in [7, 11) is 0. The number of carboxylic acids is 1. The van der Waals surface area contributed by atoms with E-state index in [9.17, 15) is 4.79 Å². The molecular formula is C9H10N2O2. The minimum atomic E-state index is -0.940. The van der Waals surface area contributed by atoms with Gasteiger partial charge in [-0.05, 0) is 24.1 Å². The van der Waals surface area contributed by atoms with Crippen molar-refractivity contribution in [2.45, 2.75) is 6.92 Å². The molecule has 4 nitrogen and oxygen atoms in total. The highest BCUT2D eigenvalue weighted by molar-refractivity contribution is 5.92. The summed E-state index contributed by atoms with van der Waals surface area (Å²) in [6.07, 6.45) is 1.41. The summed E-state index contributed by atoms with van der Waals surface area (Å²) < 4.78 is 0. The lowest BCUT2D eigenvalue weighted by molar-refractivity contribution is 0.0696. The van der Waals surface area contributed by atoms with E-state index in [1.54, 1.807) is 19.1 Å². The van der Waals surface area contributed by atoms with Crippen molar-refractivity contribution in [3.05, 3.63) is 34.9 Å². The summed E-state index contributed by atoms with van der Waals surface area (Å²) in [5.74, 6) is 4.01. The highest BCUT2D eigenvalue weighted by Gasteiger charge is 2.06. The molecule has 1 aromatic carbocycles. The van der Waals surface area contributed by atoms with Crippen molar-refractivity contribution in [1.29, 1.82) is 0 Å². The van der Waals surface area contributed by atoms with Crippen LogP contribution >= 0.6 is 0 Å². The third kappa shape index (κ3) is 2.05. The first-order valence-electron chi connectivity index (χ1n) is 3.72. The molecule has 0 aliphatic heterocycles. The van der Waals surface area contributed by atoms with Crippen LogP contribution in [0, 0.1) is 6.92 Å². The molecule has 0 aliphatic rings. The maximum atomic E-state index is 10.7. The van der Waals surface area contributed by atoms with Gasteiger partial charge >= 0.3 is 5.97 Å². The van der Waals surface area contributed by atoms with E-state index in [1.165, 1.54) is 12.3 Å². The number of carboxylic acid groups (broad SMARTS) is 1. The first-order chi connectivity index (χ1) is 6.15. The normalized spacial score (nSPS) is 10.5. The molecule has 0 saturated carbocycles. The van der Waals surface area contributed by atoms with Crippen LogP contribution in [-0.2, 0) is 0 Å². The fraction of sp³-hybridized carbons (Fsp3) is 0.111. The molecule has 68 valence electrons. The fourth-order valence-electron chi connectivity index (χ4n) is 1.04. The van der Waals surface area contributed by atoms with Gasteiger partial charge in [0.25, 0.3) is 0 Å². The van der Waals surface area contributed by atoms with Gasteiger partial charge in [0.2, 0.25) is 0 Å². The number of benzene rings is 1. The highest BCUT2D eigenvalue weighted by Crippen LogP contribution is 2.09. The maximum Gasteiger partial charge on any atom is 0.335 e. The molecule has 0 amide bonds. The van der Waals surface area contributed by atoms with Crippen LogP contribution in [0.3, 0.4) is 0 Å². The van der Waals surface area contributed by atoms with Gasteiger partial charge in [-0.2, -0.15) is 5.10 Å². The maximum absolute atomic E-state index is 10.7. The lowest BCUT2D eigenvalue weighted by Crippen LogP contribution is -2.00. The van der Waals surface area contributed by atoms with Gasteiger partial charge < -0.3 is 10.9 Å². The Labute approximate surface area is 75.7 Å². The zero-order chi connectivity index (χ0) is 9.84. The van der Waals surface area contributed by atoms with Crippen LogP contribution in [-0.4, -0.2) is 17.3 Å². The van der Waals surface area contributed by atoms with Gasteiger partial charge in [0.1, 0.15) is 0 Å². The molecule has 0 aromatic heterocycles. The Morgan fingerprint density at radius 1 is 1.62 bits per heavy atom. The Balaban J connectivity index is 3.18. The van der Waals surface area contributed by atoms with Gasteiger partial charge in [-0.1, -0.05) is 12.1 Å². The number of nitrogens with zero attached hydrogens (tertiary/aromatic N) is 1. The molecule has 4 heteroatoms. The summed E-state index contributed by atoms with van der Waals surface area (Å²) >= 11 is 0. The molecule has 0 heterocycles. The van der Waals surface area contributed by atoms with E-state index in [4.69, 9.17) is 10.9 Å². The number of aromatic carboxylic acids is 1. The van der Waals surface area contributed by atoms with E-state index in [0.29, 0.717) is 5.56 Å². The zero-order valence-corrected chi connectivity index (χ0v) is 7.19. The second kappa shape index (κ2) is 3.71. The lowest BCUT2D eigenvalue weighted by atomic mass is 10.1. The van der Waals surface area contributed by atoms with Crippen LogP contribution in [0.5, 0.6) is 0 Å². The van der Waals surface area contributed by atoms with Crippen LogP contribution in [0.25, 0.3) is 0 Å². The Bertz CT molecular complexity index is 359. The molecule has 0 spiro atoms. The summed E-state index contributed by atoms with van der Waals surface area (Å²) in [6.45, 7) is 1.74. The monoisotopic (exact) mass is 178 g/mol. The SMILES string of the molecule is Cc1ccc(C=NN)cc1C(=O)O. The molecule has 0 bridgehead atoms. The van der Waals surface area contributed by atoms with Gasteiger partial charge in [0, 0.05) is 0 Å². The Kier molecular flexibility index (Phi) is 2.64.